The van der Waals surface area contributed by atoms with E-state index in [0.29, 0.717) is 25.2 Å². The number of nitrogens with zero attached hydrogens (tertiary/aromatic N) is 2. The summed E-state index contributed by atoms with van der Waals surface area (Å²) in [4.78, 5) is 13.5. The SMILES string of the molecule is N#Cc1ccc(S(=O)(=O)CCN2CCCNC(=O)C2)cc1. The Bertz CT molecular complexity index is 647. The molecule has 1 aliphatic heterocycles. The maximum Gasteiger partial charge on any atom is 0.234 e. The fourth-order valence-electron chi connectivity index (χ4n) is 2.16. The Kier molecular flexibility index (Phi) is 4.94. The summed E-state index contributed by atoms with van der Waals surface area (Å²) in [6.45, 7) is 1.91. The van der Waals surface area contributed by atoms with Gasteiger partial charge in [-0.15, -0.1) is 0 Å². The third-order valence-corrected chi connectivity index (χ3v) is 5.07. The molecule has 1 saturated heterocycles. The van der Waals surface area contributed by atoms with Gasteiger partial charge in [-0.25, -0.2) is 8.42 Å². The van der Waals surface area contributed by atoms with Crippen LogP contribution in [-0.2, 0) is 14.6 Å². The van der Waals surface area contributed by atoms with Gasteiger partial charge in [0, 0.05) is 19.6 Å². The molecule has 7 heteroatoms. The Balaban J connectivity index is 2.00. The number of carbonyl (C=O) groups is 1. The molecule has 2 rings (SSSR count). The van der Waals surface area contributed by atoms with Gasteiger partial charge in [-0.1, -0.05) is 0 Å². The van der Waals surface area contributed by atoms with E-state index in [2.05, 4.69) is 5.32 Å². The monoisotopic (exact) mass is 307 g/mol. The first-order valence-electron chi connectivity index (χ1n) is 6.73. The topological polar surface area (TPSA) is 90.3 Å². The van der Waals surface area contributed by atoms with Crippen molar-refractivity contribution in [2.24, 2.45) is 0 Å². The first-order chi connectivity index (χ1) is 10.0. The molecule has 0 spiro atoms. The minimum atomic E-state index is -3.40. The second-order valence-corrected chi connectivity index (χ2v) is 7.04. The molecule has 112 valence electrons. The molecule has 0 atom stereocenters. The summed E-state index contributed by atoms with van der Waals surface area (Å²) in [5.74, 6) is -0.102. The molecule has 0 radical (unpaired) electrons. The highest BCUT2D eigenvalue weighted by Gasteiger charge is 2.19. The molecule has 1 amide bonds. The Morgan fingerprint density at radius 3 is 2.67 bits per heavy atom. The quantitative estimate of drug-likeness (QED) is 0.855. The third kappa shape index (κ3) is 4.28. The second kappa shape index (κ2) is 6.70. The second-order valence-electron chi connectivity index (χ2n) is 4.93. The van der Waals surface area contributed by atoms with Gasteiger partial charge in [-0.2, -0.15) is 5.26 Å². The van der Waals surface area contributed by atoms with Crippen LogP contribution in [-0.4, -0.2) is 51.2 Å². The van der Waals surface area contributed by atoms with E-state index in [-0.39, 0.29) is 23.1 Å². The lowest BCUT2D eigenvalue weighted by molar-refractivity contribution is -0.121. The lowest BCUT2D eigenvalue weighted by Gasteiger charge is -2.18. The first-order valence-corrected chi connectivity index (χ1v) is 8.38. The van der Waals surface area contributed by atoms with Crippen LogP contribution in [0.3, 0.4) is 0 Å². The Labute approximate surface area is 124 Å². The number of sulfone groups is 1. The van der Waals surface area contributed by atoms with Crippen LogP contribution in [0.15, 0.2) is 29.2 Å². The summed E-state index contributed by atoms with van der Waals surface area (Å²) < 4.78 is 24.5. The molecule has 0 aromatic heterocycles. The van der Waals surface area contributed by atoms with Crippen molar-refractivity contribution in [1.82, 2.24) is 10.2 Å². The molecule has 1 aliphatic rings. The summed E-state index contributed by atoms with van der Waals surface area (Å²) in [6, 6.07) is 7.83. The fourth-order valence-corrected chi connectivity index (χ4v) is 3.45. The molecule has 1 aromatic carbocycles. The van der Waals surface area contributed by atoms with E-state index in [1.54, 1.807) is 0 Å². The van der Waals surface area contributed by atoms with Crippen molar-refractivity contribution in [2.75, 3.05) is 31.9 Å². The van der Waals surface area contributed by atoms with Crippen molar-refractivity contribution in [3.63, 3.8) is 0 Å². The number of rotatable bonds is 4. The van der Waals surface area contributed by atoms with Crippen LogP contribution in [0.1, 0.15) is 12.0 Å². The molecule has 0 unspecified atom stereocenters. The zero-order valence-corrected chi connectivity index (χ0v) is 12.4. The van der Waals surface area contributed by atoms with Crippen LogP contribution >= 0.6 is 0 Å². The van der Waals surface area contributed by atoms with Gasteiger partial charge in [0.25, 0.3) is 0 Å². The van der Waals surface area contributed by atoms with E-state index in [9.17, 15) is 13.2 Å². The van der Waals surface area contributed by atoms with Gasteiger partial charge in [0.1, 0.15) is 0 Å². The smallest absolute Gasteiger partial charge is 0.234 e. The Hall–Kier alpha value is -1.91. The highest BCUT2D eigenvalue weighted by molar-refractivity contribution is 7.91. The van der Waals surface area contributed by atoms with Crippen molar-refractivity contribution in [1.29, 1.82) is 5.26 Å². The predicted octanol–water partition coefficient (Wildman–Crippen LogP) is 0.154. The van der Waals surface area contributed by atoms with Gasteiger partial charge in [-0.05, 0) is 30.7 Å². The molecule has 0 bridgehead atoms. The molecule has 0 saturated carbocycles. The summed E-state index contributed by atoms with van der Waals surface area (Å²) in [7, 11) is -3.40. The van der Waals surface area contributed by atoms with Gasteiger partial charge in [0.15, 0.2) is 9.84 Å². The summed E-state index contributed by atoms with van der Waals surface area (Å²) in [6.07, 6.45) is 0.822. The van der Waals surface area contributed by atoms with Gasteiger partial charge in [0.05, 0.1) is 28.8 Å². The lowest BCUT2D eigenvalue weighted by atomic mass is 10.2. The highest BCUT2D eigenvalue weighted by atomic mass is 32.2. The van der Waals surface area contributed by atoms with Crippen LogP contribution in [0.2, 0.25) is 0 Å². The van der Waals surface area contributed by atoms with Crippen molar-refractivity contribution in [2.45, 2.75) is 11.3 Å². The molecule has 1 fully saturated rings. The van der Waals surface area contributed by atoms with Gasteiger partial charge in [0.2, 0.25) is 5.91 Å². The number of nitrogens with one attached hydrogen (secondary N) is 1. The molecule has 6 nitrogen and oxygen atoms in total. The predicted molar refractivity (Wildman–Crippen MR) is 77.3 cm³/mol. The van der Waals surface area contributed by atoms with E-state index in [0.717, 1.165) is 6.42 Å². The Morgan fingerprint density at radius 1 is 1.29 bits per heavy atom. The van der Waals surface area contributed by atoms with Crippen LogP contribution in [0, 0.1) is 11.3 Å². The minimum Gasteiger partial charge on any atom is -0.355 e. The normalized spacial score (nSPS) is 16.8. The number of nitriles is 1. The van der Waals surface area contributed by atoms with Crippen LogP contribution < -0.4 is 5.32 Å². The third-order valence-electron chi connectivity index (χ3n) is 3.36. The fraction of sp³-hybridized carbons (Fsp3) is 0.429. The number of hydrogen-bond acceptors (Lipinski definition) is 5. The average molecular weight is 307 g/mol. The molecule has 1 N–H and O–H groups in total. The molecule has 1 aromatic rings. The number of benzene rings is 1. The van der Waals surface area contributed by atoms with Gasteiger partial charge < -0.3 is 5.32 Å². The lowest BCUT2D eigenvalue weighted by Crippen LogP contribution is -2.35. The summed E-state index contributed by atoms with van der Waals surface area (Å²) >= 11 is 0. The maximum absolute atomic E-state index is 12.2. The molecular formula is C14H17N3O3S. The average Bonchev–Trinajstić information content (AvgIpc) is 2.69. The Morgan fingerprint density at radius 2 is 2.00 bits per heavy atom. The van der Waals surface area contributed by atoms with Crippen LogP contribution in [0.25, 0.3) is 0 Å². The number of hydrogen-bond donors (Lipinski definition) is 1. The van der Waals surface area contributed by atoms with E-state index in [1.165, 1.54) is 24.3 Å². The molecule has 1 heterocycles. The number of carbonyl (C=O) groups excluding carboxylic acids is 1. The number of amides is 1. The van der Waals surface area contributed by atoms with E-state index >= 15 is 0 Å². The van der Waals surface area contributed by atoms with E-state index in [4.69, 9.17) is 5.26 Å². The minimum absolute atomic E-state index is 0.0355. The van der Waals surface area contributed by atoms with E-state index in [1.807, 2.05) is 11.0 Å². The largest absolute Gasteiger partial charge is 0.355 e. The zero-order chi connectivity index (χ0) is 15.3. The first kappa shape index (κ1) is 15.5. The molecule has 0 aliphatic carbocycles. The maximum atomic E-state index is 12.2. The van der Waals surface area contributed by atoms with Crippen LogP contribution in [0.4, 0.5) is 0 Å². The van der Waals surface area contributed by atoms with Crippen molar-refractivity contribution < 1.29 is 13.2 Å². The van der Waals surface area contributed by atoms with Crippen LogP contribution in [0.5, 0.6) is 0 Å². The molecular weight excluding hydrogens is 290 g/mol. The highest BCUT2D eigenvalue weighted by Crippen LogP contribution is 2.12. The standard InChI is InChI=1S/C14H17N3O3S/c15-10-12-2-4-13(5-3-12)21(19,20)9-8-17-7-1-6-16-14(18)11-17/h2-5H,1,6-9,11H2,(H,16,18). The van der Waals surface area contributed by atoms with Crippen molar-refractivity contribution in [3.05, 3.63) is 29.8 Å². The van der Waals surface area contributed by atoms with Gasteiger partial charge in [-0.3, -0.25) is 9.69 Å². The molecule has 21 heavy (non-hydrogen) atoms. The van der Waals surface area contributed by atoms with Crippen molar-refractivity contribution >= 4 is 15.7 Å². The van der Waals surface area contributed by atoms with E-state index < -0.39 is 9.84 Å². The van der Waals surface area contributed by atoms with Crippen molar-refractivity contribution in [3.8, 4) is 6.07 Å². The summed E-state index contributed by atoms with van der Waals surface area (Å²) in [5, 5.41) is 11.5. The van der Waals surface area contributed by atoms with Gasteiger partial charge >= 0.3 is 0 Å². The zero-order valence-electron chi connectivity index (χ0n) is 11.6. The summed E-state index contributed by atoms with van der Waals surface area (Å²) in [5.41, 5.74) is 0.429.